The number of carbonyl (C=O) groups is 1. The summed E-state index contributed by atoms with van der Waals surface area (Å²) in [5.41, 5.74) is 0.420. The van der Waals surface area contributed by atoms with E-state index in [4.69, 9.17) is 0 Å². The molecule has 0 aromatic carbocycles. The Labute approximate surface area is 107 Å². The van der Waals surface area contributed by atoms with Crippen LogP contribution in [0.3, 0.4) is 0 Å². The van der Waals surface area contributed by atoms with Gasteiger partial charge in [0, 0.05) is 33.2 Å². The van der Waals surface area contributed by atoms with Crippen molar-refractivity contribution in [2.24, 2.45) is 0 Å². The van der Waals surface area contributed by atoms with Gasteiger partial charge < -0.3 is 15.1 Å². The van der Waals surface area contributed by atoms with Crippen molar-refractivity contribution in [1.82, 2.24) is 30.1 Å². The Morgan fingerprint density at radius 3 is 2.72 bits per heavy atom. The predicted molar refractivity (Wildman–Crippen MR) is 67.4 cm³/mol. The average molecular weight is 252 g/mol. The Bertz CT molecular complexity index is 411. The number of amides is 1. The van der Waals surface area contributed by atoms with Gasteiger partial charge in [0.15, 0.2) is 5.69 Å². The maximum Gasteiger partial charge on any atom is 0.275 e. The molecule has 2 heterocycles. The van der Waals surface area contributed by atoms with Crippen molar-refractivity contribution in [2.45, 2.75) is 6.04 Å². The molecule has 2 rings (SSSR count). The van der Waals surface area contributed by atoms with Crippen molar-refractivity contribution in [3.05, 3.63) is 11.9 Å². The zero-order valence-electron chi connectivity index (χ0n) is 11.1. The van der Waals surface area contributed by atoms with E-state index in [9.17, 15) is 4.79 Å². The first-order valence-corrected chi connectivity index (χ1v) is 6.10. The summed E-state index contributed by atoms with van der Waals surface area (Å²) >= 11 is 0. The second-order valence-electron chi connectivity index (χ2n) is 4.93. The first kappa shape index (κ1) is 13.0. The molecule has 7 heteroatoms. The molecule has 1 saturated heterocycles. The lowest BCUT2D eigenvalue weighted by Crippen LogP contribution is -2.43. The van der Waals surface area contributed by atoms with Crippen LogP contribution in [0.4, 0.5) is 0 Å². The molecule has 1 aliphatic heterocycles. The normalized spacial score (nSPS) is 15.8. The number of hydrogen-bond acceptors (Lipinski definition) is 5. The number of nitrogens with one attached hydrogen (secondary N) is 1. The molecule has 100 valence electrons. The Hall–Kier alpha value is -1.47. The first-order chi connectivity index (χ1) is 8.58. The van der Waals surface area contributed by atoms with Crippen molar-refractivity contribution in [3.63, 3.8) is 0 Å². The van der Waals surface area contributed by atoms with Crippen LogP contribution in [0, 0.1) is 0 Å². The van der Waals surface area contributed by atoms with Gasteiger partial charge in [-0.15, -0.1) is 5.10 Å². The van der Waals surface area contributed by atoms with E-state index in [-0.39, 0.29) is 5.91 Å². The predicted octanol–water partition coefficient (Wildman–Crippen LogP) is -0.944. The van der Waals surface area contributed by atoms with Gasteiger partial charge >= 0.3 is 0 Å². The van der Waals surface area contributed by atoms with Crippen LogP contribution in [0.15, 0.2) is 6.20 Å². The SMILES string of the molecule is CN(C)CCN(C)C(=O)c1cn(C2CNC2)nn1. The molecule has 1 aromatic heterocycles. The molecule has 1 fully saturated rings. The van der Waals surface area contributed by atoms with Crippen molar-refractivity contribution >= 4 is 5.91 Å². The second-order valence-corrected chi connectivity index (χ2v) is 4.93. The summed E-state index contributed by atoms with van der Waals surface area (Å²) in [4.78, 5) is 15.8. The zero-order chi connectivity index (χ0) is 13.1. The number of likely N-dealkylation sites (N-methyl/N-ethyl adjacent to an activating group) is 2. The van der Waals surface area contributed by atoms with Crippen LogP contribution < -0.4 is 5.32 Å². The molecule has 7 nitrogen and oxygen atoms in total. The van der Waals surface area contributed by atoms with Crippen molar-refractivity contribution < 1.29 is 4.79 Å². The third kappa shape index (κ3) is 2.85. The van der Waals surface area contributed by atoms with Gasteiger partial charge in [0.2, 0.25) is 0 Å². The van der Waals surface area contributed by atoms with Crippen LogP contribution in [0.25, 0.3) is 0 Å². The van der Waals surface area contributed by atoms with E-state index in [2.05, 4.69) is 15.6 Å². The molecular formula is C11H20N6O. The molecule has 1 N–H and O–H groups in total. The second kappa shape index (κ2) is 5.45. The highest BCUT2D eigenvalue weighted by Gasteiger charge is 2.22. The van der Waals surface area contributed by atoms with Crippen molar-refractivity contribution in [3.8, 4) is 0 Å². The number of hydrogen-bond donors (Lipinski definition) is 1. The minimum Gasteiger partial charge on any atom is -0.339 e. The number of rotatable bonds is 5. The van der Waals surface area contributed by atoms with E-state index in [1.54, 1.807) is 22.8 Å². The lowest BCUT2D eigenvalue weighted by Gasteiger charge is -2.26. The van der Waals surface area contributed by atoms with Crippen LogP contribution in [-0.4, -0.2) is 78.0 Å². The summed E-state index contributed by atoms with van der Waals surface area (Å²) in [6, 6.07) is 0.339. The largest absolute Gasteiger partial charge is 0.339 e. The topological polar surface area (TPSA) is 66.3 Å². The number of carbonyl (C=O) groups excluding carboxylic acids is 1. The van der Waals surface area contributed by atoms with E-state index < -0.39 is 0 Å². The van der Waals surface area contributed by atoms with Gasteiger partial charge in [0.1, 0.15) is 0 Å². The zero-order valence-corrected chi connectivity index (χ0v) is 11.1. The molecule has 0 saturated carbocycles. The van der Waals surface area contributed by atoms with Gasteiger partial charge in [-0.3, -0.25) is 4.79 Å². The van der Waals surface area contributed by atoms with E-state index in [0.717, 1.165) is 19.6 Å². The Balaban J connectivity index is 1.93. The van der Waals surface area contributed by atoms with Crippen LogP contribution in [0.1, 0.15) is 16.5 Å². The fraction of sp³-hybridized carbons (Fsp3) is 0.727. The maximum absolute atomic E-state index is 12.1. The minimum atomic E-state index is -0.0737. The van der Waals surface area contributed by atoms with Crippen LogP contribution in [0.5, 0.6) is 0 Å². The van der Waals surface area contributed by atoms with Crippen LogP contribution in [0.2, 0.25) is 0 Å². The standard InChI is InChI=1S/C11H20N6O/c1-15(2)4-5-16(3)11(18)10-8-17(14-13-10)9-6-12-7-9/h8-9,12H,4-7H2,1-3H3. The van der Waals surface area contributed by atoms with Gasteiger partial charge in [0.05, 0.1) is 12.2 Å². The van der Waals surface area contributed by atoms with Gasteiger partial charge in [0.25, 0.3) is 5.91 Å². The minimum absolute atomic E-state index is 0.0737. The number of nitrogens with zero attached hydrogens (tertiary/aromatic N) is 5. The Kier molecular flexibility index (Phi) is 3.93. The summed E-state index contributed by atoms with van der Waals surface area (Å²) in [5.74, 6) is -0.0737. The summed E-state index contributed by atoms with van der Waals surface area (Å²) in [7, 11) is 5.76. The molecule has 18 heavy (non-hydrogen) atoms. The lowest BCUT2D eigenvalue weighted by molar-refractivity contribution is 0.0780. The van der Waals surface area contributed by atoms with Gasteiger partial charge in [-0.25, -0.2) is 4.68 Å². The highest BCUT2D eigenvalue weighted by Crippen LogP contribution is 2.10. The highest BCUT2D eigenvalue weighted by molar-refractivity contribution is 5.91. The van der Waals surface area contributed by atoms with E-state index >= 15 is 0 Å². The summed E-state index contributed by atoms with van der Waals surface area (Å²) in [6.07, 6.45) is 1.74. The smallest absolute Gasteiger partial charge is 0.275 e. The Morgan fingerprint density at radius 1 is 1.44 bits per heavy atom. The fourth-order valence-electron chi connectivity index (χ4n) is 1.66. The van der Waals surface area contributed by atoms with Gasteiger partial charge in [-0.05, 0) is 14.1 Å². The lowest BCUT2D eigenvalue weighted by atomic mass is 10.2. The molecule has 0 bridgehead atoms. The summed E-state index contributed by atoms with van der Waals surface area (Å²) in [5, 5.41) is 11.1. The molecule has 0 atom stereocenters. The van der Waals surface area contributed by atoms with Gasteiger partial charge in [-0.1, -0.05) is 5.21 Å². The fourth-order valence-corrected chi connectivity index (χ4v) is 1.66. The van der Waals surface area contributed by atoms with Crippen LogP contribution >= 0.6 is 0 Å². The van der Waals surface area contributed by atoms with Crippen molar-refractivity contribution in [2.75, 3.05) is 47.3 Å². The van der Waals surface area contributed by atoms with Crippen LogP contribution in [-0.2, 0) is 0 Å². The number of aromatic nitrogens is 3. The summed E-state index contributed by atoms with van der Waals surface area (Å²) in [6.45, 7) is 3.31. The Morgan fingerprint density at radius 2 is 2.17 bits per heavy atom. The third-order valence-corrected chi connectivity index (χ3v) is 3.09. The molecule has 0 unspecified atom stereocenters. The quantitative estimate of drug-likeness (QED) is 0.732. The summed E-state index contributed by atoms with van der Waals surface area (Å²) < 4.78 is 1.77. The van der Waals surface area contributed by atoms with E-state index in [1.807, 2.05) is 19.0 Å². The molecule has 0 radical (unpaired) electrons. The van der Waals surface area contributed by atoms with E-state index in [0.29, 0.717) is 18.3 Å². The molecule has 1 aliphatic rings. The molecule has 0 aliphatic carbocycles. The maximum atomic E-state index is 12.1. The monoisotopic (exact) mass is 252 g/mol. The molecule has 1 aromatic rings. The van der Waals surface area contributed by atoms with Crippen molar-refractivity contribution in [1.29, 1.82) is 0 Å². The van der Waals surface area contributed by atoms with Gasteiger partial charge in [-0.2, -0.15) is 0 Å². The molecule has 1 amide bonds. The molecule has 0 spiro atoms. The van der Waals surface area contributed by atoms with E-state index in [1.165, 1.54) is 0 Å². The third-order valence-electron chi connectivity index (χ3n) is 3.09. The highest BCUT2D eigenvalue weighted by atomic mass is 16.2. The molecular weight excluding hydrogens is 232 g/mol. The average Bonchev–Trinajstić information content (AvgIpc) is 2.71. The first-order valence-electron chi connectivity index (χ1n) is 6.10.